The molecule has 0 radical (unpaired) electrons. The third-order valence-corrected chi connectivity index (χ3v) is 6.41. The summed E-state index contributed by atoms with van der Waals surface area (Å²) in [6, 6.07) is 13.7. The molecule has 0 fully saturated rings. The SMILES string of the molecule is CNc1nc2cnc(C(F)(F)F)nc2n1-c1ccc(OC)cc1.CNc1nc2cnc(C(F)(F)F)nc2n1-c1ccccc1OC. The minimum absolute atomic E-state index is 0.0428. The van der Waals surface area contributed by atoms with E-state index in [1.807, 2.05) is 0 Å². The number of rotatable bonds is 6. The lowest BCUT2D eigenvalue weighted by Gasteiger charge is -2.12. The molecule has 46 heavy (non-hydrogen) atoms. The number of methoxy groups -OCH3 is 2. The highest BCUT2D eigenvalue weighted by atomic mass is 19.4. The van der Waals surface area contributed by atoms with Crippen LogP contribution >= 0.6 is 0 Å². The maximum Gasteiger partial charge on any atom is 0.451 e. The molecule has 0 amide bonds. The summed E-state index contributed by atoms with van der Waals surface area (Å²) in [6.45, 7) is 0. The number of nitrogens with zero attached hydrogens (tertiary/aromatic N) is 8. The quantitative estimate of drug-likeness (QED) is 0.215. The molecule has 18 heteroatoms. The van der Waals surface area contributed by atoms with E-state index in [0.29, 0.717) is 34.8 Å². The van der Waals surface area contributed by atoms with Crippen molar-refractivity contribution >= 4 is 34.2 Å². The number of para-hydroxylation sites is 2. The predicted octanol–water partition coefficient (Wildman–Crippen LogP) is 5.77. The number of benzene rings is 2. The number of imidazole rings is 2. The second-order valence-electron chi connectivity index (χ2n) is 9.21. The van der Waals surface area contributed by atoms with Gasteiger partial charge >= 0.3 is 12.4 Å². The first kappa shape index (κ1) is 31.7. The van der Waals surface area contributed by atoms with Gasteiger partial charge in [0, 0.05) is 14.1 Å². The van der Waals surface area contributed by atoms with Crippen LogP contribution in [0.3, 0.4) is 0 Å². The Morgan fingerprint density at radius 1 is 0.630 bits per heavy atom. The number of fused-ring (bicyclic) bond motifs is 2. The average molecular weight is 647 g/mol. The first-order valence-corrected chi connectivity index (χ1v) is 13.2. The van der Waals surface area contributed by atoms with Gasteiger partial charge in [0.25, 0.3) is 0 Å². The standard InChI is InChI=1S/2C14H12F3N5O/c1-18-13-20-10-7-19-12(14(15,16)17)21-11(10)22(13)8-3-5-9(23-2)6-4-8;1-18-13-20-8-7-19-12(14(15,16)17)21-11(8)22(13)9-5-3-4-6-10(9)23-2/h2*3-7H,1-2H3,(H,18,20). The van der Waals surface area contributed by atoms with E-state index >= 15 is 0 Å². The van der Waals surface area contributed by atoms with Crippen molar-refractivity contribution in [2.75, 3.05) is 38.9 Å². The fourth-order valence-corrected chi connectivity index (χ4v) is 4.38. The van der Waals surface area contributed by atoms with E-state index in [4.69, 9.17) is 9.47 Å². The third kappa shape index (κ3) is 6.13. The molecular weight excluding hydrogens is 622 g/mol. The normalized spacial score (nSPS) is 11.7. The Morgan fingerprint density at radius 2 is 1.13 bits per heavy atom. The molecule has 0 bridgehead atoms. The highest BCUT2D eigenvalue weighted by molar-refractivity contribution is 5.78. The van der Waals surface area contributed by atoms with Gasteiger partial charge in [0.15, 0.2) is 11.3 Å². The second kappa shape index (κ2) is 12.4. The molecule has 4 heterocycles. The minimum Gasteiger partial charge on any atom is -0.497 e. The number of aromatic nitrogens is 8. The maximum atomic E-state index is 12.9. The maximum absolute atomic E-state index is 12.9. The summed E-state index contributed by atoms with van der Waals surface area (Å²) in [7, 11) is 6.25. The lowest BCUT2D eigenvalue weighted by atomic mass is 10.3. The van der Waals surface area contributed by atoms with Crippen LogP contribution in [-0.4, -0.2) is 67.4 Å². The van der Waals surface area contributed by atoms with Crippen LogP contribution in [-0.2, 0) is 12.4 Å². The molecule has 0 unspecified atom stereocenters. The zero-order valence-corrected chi connectivity index (χ0v) is 24.4. The molecule has 2 N–H and O–H groups in total. The molecule has 12 nitrogen and oxygen atoms in total. The van der Waals surface area contributed by atoms with Crippen LogP contribution in [0.2, 0.25) is 0 Å². The molecule has 6 aromatic rings. The number of nitrogens with one attached hydrogen (secondary N) is 2. The fourth-order valence-electron chi connectivity index (χ4n) is 4.38. The highest BCUT2D eigenvalue weighted by Crippen LogP contribution is 2.33. The second-order valence-corrected chi connectivity index (χ2v) is 9.21. The summed E-state index contributed by atoms with van der Waals surface area (Å²) in [4.78, 5) is 22.3. The number of alkyl halides is 6. The molecule has 0 spiro atoms. The van der Waals surface area contributed by atoms with E-state index in [1.165, 1.54) is 23.4 Å². The number of hydrogen-bond donors (Lipinski definition) is 2. The van der Waals surface area contributed by atoms with Crippen molar-refractivity contribution in [3.05, 3.63) is 72.6 Å². The van der Waals surface area contributed by atoms with Gasteiger partial charge in [0.1, 0.15) is 22.5 Å². The number of ether oxygens (including phenoxy) is 2. The average Bonchev–Trinajstić information content (AvgIpc) is 3.61. The van der Waals surface area contributed by atoms with Crippen LogP contribution in [0.4, 0.5) is 38.2 Å². The van der Waals surface area contributed by atoms with E-state index < -0.39 is 24.0 Å². The van der Waals surface area contributed by atoms with Gasteiger partial charge in [-0.3, -0.25) is 9.13 Å². The molecule has 0 saturated heterocycles. The van der Waals surface area contributed by atoms with Gasteiger partial charge in [-0.15, -0.1) is 0 Å². The van der Waals surface area contributed by atoms with Gasteiger partial charge in [-0.1, -0.05) is 12.1 Å². The molecule has 0 aliphatic carbocycles. The van der Waals surface area contributed by atoms with E-state index in [2.05, 4.69) is 40.5 Å². The van der Waals surface area contributed by atoms with Crippen molar-refractivity contribution in [2.24, 2.45) is 0 Å². The van der Waals surface area contributed by atoms with Gasteiger partial charge in [-0.2, -0.15) is 26.3 Å². The Hall–Kier alpha value is -5.68. The summed E-state index contributed by atoms with van der Waals surface area (Å²) >= 11 is 0. The molecule has 0 atom stereocenters. The van der Waals surface area contributed by atoms with E-state index in [1.54, 1.807) is 62.6 Å². The smallest absolute Gasteiger partial charge is 0.451 e. The molecule has 0 aliphatic rings. The van der Waals surface area contributed by atoms with E-state index in [-0.39, 0.29) is 22.3 Å². The molecule has 2 aromatic carbocycles. The van der Waals surface area contributed by atoms with Crippen molar-refractivity contribution in [1.82, 2.24) is 39.0 Å². The summed E-state index contributed by atoms with van der Waals surface area (Å²) in [5.74, 6) is -0.617. The van der Waals surface area contributed by atoms with Gasteiger partial charge in [0.2, 0.25) is 23.5 Å². The van der Waals surface area contributed by atoms with Gasteiger partial charge < -0.3 is 20.1 Å². The molecule has 0 aliphatic heterocycles. The number of hydrogen-bond acceptors (Lipinski definition) is 10. The van der Waals surface area contributed by atoms with Gasteiger partial charge in [0.05, 0.1) is 38.0 Å². The van der Waals surface area contributed by atoms with Crippen molar-refractivity contribution in [2.45, 2.75) is 12.4 Å². The van der Waals surface area contributed by atoms with Crippen molar-refractivity contribution in [3.8, 4) is 22.9 Å². The molecule has 0 saturated carbocycles. The third-order valence-electron chi connectivity index (χ3n) is 6.41. The van der Waals surface area contributed by atoms with Crippen LogP contribution in [0.15, 0.2) is 60.9 Å². The minimum atomic E-state index is -4.64. The Labute approximate surface area is 256 Å². The van der Waals surface area contributed by atoms with Crippen LogP contribution in [0.1, 0.15) is 11.6 Å². The Morgan fingerprint density at radius 3 is 1.61 bits per heavy atom. The Bertz CT molecular complexity index is 1990. The van der Waals surface area contributed by atoms with Crippen molar-refractivity contribution < 1.29 is 35.8 Å². The zero-order chi connectivity index (χ0) is 33.2. The summed E-state index contributed by atoms with van der Waals surface area (Å²) in [5.41, 5.74) is 1.74. The predicted molar refractivity (Wildman–Crippen MR) is 156 cm³/mol. The monoisotopic (exact) mass is 646 g/mol. The first-order chi connectivity index (χ1) is 21.9. The van der Waals surface area contributed by atoms with Gasteiger partial charge in [-0.05, 0) is 36.4 Å². The number of halogens is 6. The molecular formula is C28H24F6N10O2. The van der Waals surface area contributed by atoms with Crippen LogP contribution in [0.5, 0.6) is 11.5 Å². The van der Waals surface area contributed by atoms with Crippen LogP contribution < -0.4 is 20.1 Å². The lowest BCUT2D eigenvalue weighted by Crippen LogP contribution is -2.12. The topological polar surface area (TPSA) is 130 Å². The molecule has 240 valence electrons. The van der Waals surface area contributed by atoms with Crippen molar-refractivity contribution in [1.29, 1.82) is 0 Å². The Balaban J connectivity index is 0.000000181. The fraction of sp³-hybridized carbons (Fsp3) is 0.214. The molecule has 6 rings (SSSR count). The Kier molecular flexibility index (Phi) is 8.53. The molecule has 4 aromatic heterocycles. The van der Waals surface area contributed by atoms with Crippen molar-refractivity contribution in [3.63, 3.8) is 0 Å². The first-order valence-electron chi connectivity index (χ1n) is 13.2. The van der Waals surface area contributed by atoms with E-state index in [0.717, 1.165) is 12.4 Å². The summed E-state index contributed by atoms with van der Waals surface area (Å²) < 4.78 is 90.5. The van der Waals surface area contributed by atoms with Crippen LogP contribution in [0.25, 0.3) is 33.7 Å². The highest BCUT2D eigenvalue weighted by Gasteiger charge is 2.36. The number of anilines is 2. The summed E-state index contributed by atoms with van der Waals surface area (Å²) in [6.07, 6.45) is -7.14. The summed E-state index contributed by atoms with van der Waals surface area (Å²) in [5, 5.41) is 5.68. The zero-order valence-electron chi connectivity index (χ0n) is 24.4. The van der Waals surface area contributed by atoms with Gasteiger partial charge in [-0.25, -0.2) is 29.9 Å². The largest absolute Gasteiger partial charge is 0.497 e. The van der Waals surface area contributed by atoms with E-state index in [9.17, 15) is 26.3 Å². The lowest BCUT2D eigenvalue weighted by molar-refractivity contribution is -0.145. The van der Waals surface area contributed by atoms with Crippen LogP contribution in [0, 0.1) is 0 Å².